The van der Waals surface area contributed by atoms with Gasteiger partial charge in [-0.25, -0.2) is 4.79 Å². The molecular formula is C20H31N3O3. The topological polar surface area (TPSA) is 70.7 Å². The minimum absolute atomic E-state index is 0.0119. The lowest BCUT2D eigenvalue weighted by Gasteiger charge is -2.32. The number of alkyl carbamates (subject to hydrolysis) is 1. The third-order valence-corrected chi connectivity index (χ3v) is 4.72. The van der Waals surface area contributed by atoms with Crippen LogP contribution in [-0.2, 0) is 4.74 Å². The van der Waals surface area contributed by atoms with E-state index in [0.717, 1.165) is 55.7 Å². The number of nitrogens with one attached hydrogen (secondary N) is 2. The minimum Gasteiger partial charge on any atom is -0.450 e. The van der Waals surface area contributed by atoms with Gasteiger partial charge in [-0.15, -0.1) is 0 Å². The molecule has 0 aromatic heterocycles. The quantitative estimate of drug-likeness (QED) is 0.783. The first-order chi connectivity index (χ1) is 12.5. The highest BCUT2D eigenvalue weighted by Crippen LogP contribution is 2.16. The number of benzene rings is 1. The molecule has 0 unspecified atom stereocenters. The van der Waals surface area contributed by atoms with E-state index in [4.69, 9.17) is 4.74 Å². The average molecular weight is 361 g/mol. The first-order valence-electron chi connectivity index (χ1n) is 9.47. The Kier molecular flexibility index (Phi) is 7.91. The number of rotatable bonds is 7. The molecule has 2 N–H and O–H groups in total. The standard InChI is InChI=1S/C20H31N3O3/c1-4-26-20(25)21-7-10-23-8-5-17(6-9-23)14-22-19(24)18-12-15(2)11-16(3)13-18/h11-13,17H,4-10,14H2,1-3H3,(H,21,25)(H,22,24). The maximum atomic E-state index is 12.3. The lowest BCUT2D eigenvalue weighted by atomic mass is 9.96. The van der Waals surface area contributed by atoms with Crippen LogP contribution in [0.3, 0.4) is 0 Å². The van der Waals surface area contributed by atoms with Crippen LogP contribution in [0.15, 0.2) is 18.2 Å². The third-order valence-electron chi connectivity index (χ3n) is 4.72. The maximum Gasteiger partial charge on any atom is 0.407 e. The predicted molar refractivity (Wildman–Crippen MR) is 102 cm³/mol. The van der Waals surface area contributed by atoms with Gasteiger partial charge in [0, 0.05) is 25.2 Å². The van der Waals surface area contributed by atoms with Crippen molar-refractivity contribution in [2.24, 2.45) is 5.92 Å². The Balaban J connectivity index is 1.65. The molecular weight excluding hydrogens is 330 g/mol. The molecule has 2 rings (SSSR count). The van der Waals surface area contributed by atoms with Crippen LogP contribution in [0, 0.1) is 19.8 Å². The summed E-state index contributed by atoms with van der Waals surface area (Å²) in [6.45, 7) is 10.4. The zero-order chi connectivity index (χ0) is 18.9. The van der Waals surface area contributed by atoms with Crippen molar-refractivity contribution in [2.45, 2.75) is 33.6 Å². The molecule has 1 saturated heterocycles. The molecule has 1 aliphatic rings. The molecule has 0 atom stereocenters. The SMILES string of the molecule is CCOC(=O)NCCN1CCC(CNC(=O)c2cc(C)cc(C)c2)CC1. The minimum atomic E-state index is -0.350. The van der Waals surface area contributed by atoms with Gasteiger partial charge in [-0.2, -0.15) is 0 Å². The summed E-state index contributed by atoms with van der Waals surface area (Å²) in [6, 6.07) is 5.94. The van der Waals surface area contributed by atoms with Gasteiger partial charge in [0.05, 0.1) is 6.61 Å². The van der Waals surface area contributed by atoms with Crippen molar-refractivity contribution in [3.8, 4) is 0 Å². The van der Waals surface area contributed by atoms with Crippen LogP contribution in [0.4, 0.5) is 4.79 Å². The summed E-state index contributed by atoms with van der Waals surface area (Å²) in [5.41, 5.74) is 2.96. The summed E-state index contributed by atoms with van der Waals surface area (Å²) in [6.07, 6.45) is 1.77. The Bertz CT molecular complexity index is 590. The number of aryl methyl sites for hydroxylation is 2. The highest BCUT2D eigenvalue weighted by atomic mass is 16.5. The van der Waals surface area contributed by atoms with Crippen LogP contribution in [0.5, 0.6) is 0 Å². The Morgan fingerprint density at radius 3 is 2.38 bits per heavy atom. The Labute approximate surface area is 156 Å². The van der Waals surface area contributed by atoms with E-state index in [9.17, 15) is 9.59 Å². The van der Waals surface area contributed by atoms with Gasteiger partial charge < -0.3 is 20.3 Å². The van der Waals surface area contributed by atoms with Crippen LogP contribution in [-0.4, -0.2) is 56.2 Å². The molecule has 26 heavy (non-hydrogen) atoms. The number of carbonyl (C=O) groups excluding carboxylic acids is 2. The summed E-state index contributed by atoms with van der Waals surface area (Å²) in [4.78, 5) is 25.9. The molecule has 1 heterocycles. The molecule has 144 valence electrons. The lowest BCUT2D eigenvalue weighted by Crippen LogP contribution is -2.42. The zero-order valence-corrected chi connectivity index (χ0v) is 16.1. The molecule has 6 heteroatoms. The molecule has 0 saturated carbocycles. The average Bonchev–Trinajstić information content (AvgIpc) is 2.60. The lowest BCUT2D eigenvalue weighted by molar-refractivity contribution is 0.0936. The van der Waals surface area contributed by atoms with Crippen LogP contribution in [0.2, 0.25) is 0 Å². The van der Waals surface area contributed by atoms with E-state index in [2.05, 4.69) is 21.6 Å². The van der Waals surface area contributed by atoms with Crippen LogP contribution < -0.4 is 10.6 Å². The fraction of sp³-hybridized carbons (Fsp3) is 0.600. The first-order valence-corrected chi connectivity index (χ1v) is 9.47. The van der Waals surface area contributed by atoms with E-state index < -0.39 is 0 Å². The number of ether oxygens (including phenoxy) is 1. The fourth-order valence-electron chi connectivity index (χ4n) is 3.36. The van der Waals surface area contributed by atoms with Gasteiger partial charge in [-0.3, -0.25) is 4.79 Å². The van der Waals surface area contributed by atoms with Gasteiger partial charge in [-0.1, -0.05) is 17.2 Å². The van der Waals surface area contributed by atoms with E-state index in [1.807, 2.05) is 26.0 Å². The van der Waals surface area contributed by atoms with E-state index in [1.54, 1.807) is 6.92 Å². The van der Waals surface area contributed by atoms with Gasteiger partial charge >= 0.3 is 6.09 Å². The number of amides is 2. The third kappa shape index (κ3) is 6.67. The zero-order valence-electron chi connectivity index (χ0n) is 16.1. The number of hydrogen-bond acceptors (Lipinski definition) is 4. The predicted octanol–water partition coefficient (Wildman–Crippen LogP) is 2.49. The Hall–Kier alpha value is -2.08. The van der Waals surface area contributed by atoms with E-state index >= 15 is 0 Å². The molecule has 2 amide bonds. The summed E-state index contributed by atoms with van der Waals surface area (Å²) < 4.78 is 4.85. The highest BCUT2D eigenvalue weighted by Gasteiger charge is 2.20. The Morgan fingerprint density at radius 1 is 1.12 bits per heavy atom. The molecule has 1 fully saturated rings. The number of nitrogens with zero attached hydrogens (tertiary/aromatic N) is 1. The second kappa shape index (κ2) is 10.2. The van der Waals surface area contributed by atoms with E-state index in [1.165, 1.54) is 0 Å². The number of likely N-dealkylation sites (tertiary alicyclic amines) is 1. The van der Waals surface area contributed by atoms with Crippen molar-refractivity contribution in [3.63, 3.8) is 0 Å². The number of carbonyl (C=O) groups is 2. The number of hydrogen-bond donors (Lipinski definition) is 2. The normalized spacial score (nSPS) is 15.5. The molecule has 0 radical (unpaired) electrons. The summed E-state index contributed by atoms with van der Waals surface area (Å²) in [5, 5.41) is 5.83. The van der Waals surface area contributed by atoms with Crippen molar-refractivity contribution in [2.75, 3.05) is 39.3 Å². The van der Waals surface area contributed by atoms with Crippen molar-refractivity contribution in [3.05, 3.63) is 34.9 Å². The summed E-state index contributed by atoms with van der Waals surface area (Å²) >= 11 is 0. The van der Waals surface area contributed by atoms with Crippen molar-refractivity contribution in [1.29, 1.82) is 0 Å². The van der Waals surface area contributed by atoms with Crippen LogP contribution >= 0.6 is 0 Å². The van der Waals surface area contributed by atoms with Gasteiger partial charge in [-0.05, 0) is 64.8 Å². The van der Waals surface area contributed by atoms with Gasteiger partial charge in [0.1, 0.15) is 0 Å². The second-order valence-electron chi connectivity index (χ2n) is 7.02. The van der Waals surface area contributed by atoms with Crippen LogP contribution in [0.25, 0.3) is 0 Å². The Morgan fingerprint density at radius 2 is 1.77 bits per heavy atom. The molecule has 6 nitrogen and oxygen atoms in total. The molecule has 1 aromatic carbocycles. The van der Waals surface area contributed by atoms with Crippen molar-refractivity contribution < 1.29 is 14.3 Å². The summed E-state index contributed by atoms with van der Waals surface area (Å²) in [5.74, 6) is 0.525. The second-order valence-corrected chi connectivity index (χ2v) is 7.02. The van der Waals surface area contributed by atoms with Crippen molar-refractivity contribution >= 4 is 12.0 Å². The molecule has 0 aliphatic carbocycles. The largest absolute Gasteiger partial charge is 0.450 e. The number of piperidine rings is 1. The smallest absolute Gasteiger partial charge is 0.407 e. The van der Waals surface area contributed by atoms with E-state index in [-0.39, 0.29) is 12.0 Å². The van der Waals surface area contributed by atoms with Crippen molar-refractivity contribution in [1.82, 2.24) is 15.5 Å². The van der Waals surface area contributed by atoms with E-state index in [0.29, 0.717) is 19.1 Å². The molecule has 0 spiro atoms. The first kappa shape index (κ1) is 20.2. The monoisotopic (exact) mass is 361 g/mol. The highest BCUT2D eigenvalue weighted by molar-refractivity contribution is 5.94. The molecule has 1 aromatic rings. The fourth-order valence-corrected chi connectivity index (χ4v) is 3.36. The van der Waals surface area contributed by atoms with Gasteiger partial charge in [0.2, 0.25) is 0 Å². The molecule has 1 aliphatic heterocycles. The maximum absolute atomic E-state index is 12.3. The van der Waals surface area contributed by atoms with Crippen LogP contribution in [0.1, 0.15) is 41.3 Å². The summed E-state index contributed by atoms with van der Waals surface area (Å²) in [7, 11) is 0. The van der Waals surface area contributed by atoms with Gasteiger partial charge in [0.25, 0.3) is 5.91 Å². The molecule has 0 bridgehead atoms. The van der Waals surface area contributed by atoms with Gasteiger partial charge in [0.15, 0.2) is 0 Å².